The number of anilines is 1. The van der Waals surface area contributed by atoms with E-state index in [0.717, 1.165) is 12.1 Å². The fourth-order valence-corrected chi connectivity index (χ4v) is 6.45. The smallest absolute Gasteiger partial charge is 0.411 e. The van der Waals surface area contributed by atoms with E-state index in [0.29, 0.717) is 11.8 Å². The lowest BCUT2D eigenvalue weighted by Crippen LogP contribution is -2.26. The first-order valence-corrected chi connectivity index (χ1v) is 14.7. The molecule has 3 rings (SSSR count). The van der Waals surface area contributed by atoms with Gasteiger partial charge in [0, 0.05) is 11.9 Å². The number of hydrogen-bond donors (Lipinski definition) is 1. The first-order chi connectivity index (χ1) is 15.9. The normalized spacial score (nSPS) is 11.5. The highest BCUT2D eigenvalue weighted by atomic mass is 27.2. The molecule has 0 bridgehead atoms. The summed E-state index contributed by atoms with van der Waals surface area (Å²) in [4.78, 5) is 4.73. The molecule has 3 aromatic rings. The quantitative estimate of drug-likeness (QED) is 0.240. The summed E-state index contributed by atoms with van der Waals surface area (Å²) in [6, 6.07) is 23.9. The van der Waals surface area contributed by atoms with E-state index in [4.69, 9.17) is 4.99 Å². The van der Waals surface area contributed by atoms with E-state index in [1.54, 1.807) is 0 Å². The minimum absolute atomic E-state index is 0.524. The van der Waals surface area contributed by atoms with E-state index >= 15 is 0 Å². The van der Waals surface area contributed by atoms with Crippen molar-refractivity contribution >= 4 is 32.0 Å². The Morgan fingerprint density at radius 1 is 0.848 bits per heavy atom. The first-order valence-electron chi connectivity index (χ1n) is 12.5. The SMILES string of the molecule is C[CH2][Al]([CH2]Cc1ccccc1C=Nc1ccc(C)cc1)[NH]c1c(C(C)C)cccc1C(C)C. The Bertz CT molecular complexity index is 1020. The molecule has 0 amide bonds. The van der Waals surface area contributed by atoms with Crippen LogP contribution in [-0.2, 0) is 6.42 Å². The molecule has 0 spiro atoms. The molecule has 2 nitrogen and oxygen atoms in total. The monoisotopic (exact) mass is 454 g/mol. The number of hydrogen-bond acceptors (Lipinski definition) is 2. The predicted molar refractivity (Wildman–Crippen MR) is 148 cm³/mol. The Morgan fingerprint density at radius 2 is 1.48 bits per heavy atom. The summed E-state index contributed by atoms with van der Waals surface area (Å²) >= 11 is -1.15. The molecule has 0 heterocycles. The van der Waals surface area contributed by atoms with Crippen molar-refractivity contribution in [2.45, 2.75) is 70.4 Å². The number of nitrogens with zero attached hydrogens (tertiary/aromatic N) is 1. The van der Waals surface area contributed by atoms with Gasteiger partial charge in [-0.2, -0.15) is 0 Å². The number of aryl methyl sites for hydroxylation is 2. The van der Waals surface area contributed by atoms with Crippen LogP contribution in [-0.4, -0.2) is 20.6 Å². The average molecular weight is 455 g/mol. The fraction of sp³-hybridized carbons (Fsp3) is 0.367. The third-order valence-electron chi connectivity index (χ3n) is 6.42. The van der Waals surface area contributed by atoms with Crippen molar-refractivity contribution in [3.8, 4) is 0 Å². The molecule has 33 heavy (non-hydrogen) atoms. The molecule has 172 valence electrons. The largest absolute Gasteiger partial charge is 0.476 e. The Hall–Kier alpha value is -2.34. The molecule has 0 unspecified atom stereocenters. The van der Waals surface area contributed by atoms with Crippen LogP contribution in [0.4, 0.5) is 11.4 Å². The summed E-state index contributed by atoms with van der Waals surface area (Å²) < 4.78 is 4.09. The zero-order valence-corrected chi connectivity index (χ0v) is 22.4. The summed E-state index contributed by atoms with van der Waals surface area (Å²) in [7, 11) is 0. The van der Waals surface area contributed by atoms with Crippen LogP contribution in [0.15, 0.2) is 71.7 Å². The average Bonchev–Trinajstić information content (AvgIpc) is 2.81. The second kappa shape index (κ2) is 12.2. The van der Waals surface area contributed by atoms with E-state index < -0.39 is 14.4 Å². The third-order valence-corrected chi connectivity index (χ3v) is 9.09. The van der Waals surface area contributed by atoms with Gasteiger partial charge in [-0.15, -0.1) is 0 Å². The van der Waals surface area contributed by atoms with E-state index in [1.807, 2.05) is 6.21 Å². The van der Waals surface area contributed by atoms with Gasteiger partial charge in [-0.1, -0.05) is 105 Å². The van der Waals surface area contributed by atoms with E-state index in [2.05, 4.69) is 113 Å². The summed E-state index contributed by atoms with van der Waals surface area (Å²) in [5.74, 6) is 1.05. The maximum Gasteiger partial charge on any atom is 0.411 e. The van der Waals surface area contributed by atoms with Gasteiger partial charge in [0.05, 0.1) is 5.69 Å². The van der Waals surface area contributed by atoms with Crippen molar-refractivity contribution in [2.75, 3.05) is 4.30 Å². The highest BCUT2D eigenvalue weighted by Gasteiger charge is 2.21. The van der Waals surface area contributed by atoms with Gasteiger partial charge in [0.25, 0.3) is 0 Å². The highest BCUT2D eigenvalue weighted by molar-refractivity contribution is 6.62. The van der Waals surface area contributed by atoms with Gasteiger partial charge in [-0.25, -0.2) is 0 Å². The van der Waals surface area contributed by atoms with Gasteiger partial charge < -0.3 is 4.30 Å². The maximum absolute atomic E-state index is 4.73. The molecular formula is C30H39AlN2. The lowest BCUT2D eigenvalue weighted by molar-refractivity contribution is 0.839. The van der Waals surface area contributed by atoms with E-state index in [9.17, 15) is 0 Å². The highest BCUT2D eigenvalue weighted by Crippen LogP contribution is 2.33. The van der Waals surface area contributed by atoms with Gasteiger partial charge in [0.2, 0.25) is 0 Å². The Labute approximate surface area is 205 Å². The summed E-state index contributed by atoms with van der Waals surface area (Å²) in [6.45, 7) is 13.7. The summed E-state index contributed by atoms with van der Waals surface area (Å²) in [6.07, 6.45) is 3.12. The Balaban J connectivity index is 1.75. The molecule has 0 fully saturated rings. The third kappa shape index (κ3) is 7.07. The lowest BCUT2D eigenvalue weighted by atomic mass is 9.93. The molecule has 0 aliphatic rings. The van der Waals surface area contributed by atoms with Gasteiger partial charge >= 0.3 is 14.4 Å². The molecule has 0 saturated heterocycles. The molecule has 0 aliphatic heterocycles. The molecule has 0 atom stereocenters. The number of aliphatic imine (C=N–C) groups is 1. The second-order valence-corrected chi connectivity index (χ2v) is 12.8. The minimum atomic E-state index is -1.15. The minimum Gasteiger partial charge on any atom is -0.476 e. The van der Waals surface area contributed by atoms with E-state index in [-0.39, 0.29) is 0 Å². The maximum atomic E-state index is 4.73. The Kier molecular flexibility index (Phi) is 9.36. The van der Waals surface area contributed by atoms with Gasteiger partial charge in [-0.05, 0) is 59.6 Å². The fourth-order valence-electron chi connectivity index (χ4n) is 4.29. The van der Waals surface area contributed by atoms with E-state index in [1.165, 1.54) is 44.1 Å². The van der Waals surface area contributed by atoms with Crippen LogP contribution in [0.3, 0.4) is 0 Å². The molecular weight excluding hydrogens is 415 g/mol. The van der Waals surface area contributed by atoms with Crippen molar-refractivity contribution in [2.24, 2.45) is 4.99 Å². The summed E-state index contributed by atoms with van der Waals surface area (Å²) in [5.41, 5.74) is 9.21. The molecule has 0 aliphatic carbocycles. The standard InChI is InChI=1S/C16H16N.C12H18N.C2H5.Al/c1-3-14-6-4-5-7-15(14)12-17-16-10-8-13(2)9-11-16;1-8(2)10-6-5-7-11(9(3)4)12(10)13;1-2;/h4-12H,1,3H2,2H3;5-9,13H,1-4H3;1H2,2H3;/q;-1;;+1. The summed E-state index contributed by atoms with van der Waals surface area (Å²) in [5, 5.41) is 2.47. The van der Waals surface area contributed by atoms with Gasteiger partial charge in [0.1, 0.15) is 0 Å². The van der Waals surface area contributed by atoms with Crippen molar-refractivity contribution in [3.05, 3.63) is 94.5 Å². The van der Waals surface area contributed by atoms with Crippen LogP contribution in [0.2, 0.25) is 10.6 Å². The van der Waals surface area contributed by atoms with Crippen LogP contribution in [0.1, 0.15) is 74.3 Å². The van der Waals surface area contributed by atoms with Gasteiger partial charge in [0.15, 0.2) is 0 Å². The second-order valence-electron chi connectivity index (χ2n) is 9.70. The molecule has 0 radical (unpaired) electrons. The van der Waals surface area contributed by atoms with Crippen LogP contribution in [0, 0.1) is 6.92 Å². The first kappa shape index (κ1) is 25.3. The molecule has 1 N–H and O–H groups in total. The van der Waals surface area contributed by atoms with Crippen molar-refractivity contribution < 1.29 is 0 Å². The molecule has 3 aromatic carbocycles. The zero-order valence-electron chi connectivity index (χ0n) is 21.2. The predicted octanol–water partition coefficient (Wildman–Crippen LogP) is 8.66. The molecule has 0 aromatic heterocycles. The van der Waals surface area contributed by atoms with Crippen LogP contribution >= 0.6 is 0 Å². The number of nitrogens with one attached hydrogen (secondary N) is 1. The number of benzene rings is 3. The number of rotatable bonds is 10. The molecule has 0 saturated carbocycles. The Morgan fingerprint density at radius 3 is 2.09 bits per heavy atom. The topological polar surface area (TPSA) is 24.4 Å². The zero-order chi connectivity index (χ0) is 23.8. The number of para-hydroxylation sites is 1. The lowest BCUT2D eigenvalue weighted by Gasteiger charge is -2.24. The molecule has 3 heteroatoms. The van der Waals surface area contributed by atoms with Crippen LogP contribution in [0.25, 0.3) is 0 Å². The van der Waals surface area contributed by atoms with Crippen LogP contribution in [0.5, 0.6) is 0 Å². The van der Waals surface area contributed by atoms with Crippen LogP contribution < -0.4 is 4.30 Å². The van der Waals surface area contributed by atoms with Crippen molar-refractivity contribution in [1.29, 1.82) is 0 Å². The van der Waals surface area contributed by atoms with Crippen molar-refractivity contribution in [3.63, 3.8) is 0 Å². The van der Waals surface area contributed by atoms with Crippen molar-refractivity contribution in [1.82, 2.24) is 0 Å². The van der Waals surface area contributed by atoms with Gasteiger partial charge in [-0.3, -0.25) is 4.99 Å².